The predicted octanol–water partition coefficient (Wildman–Crippen LogP) is 3.35. The van der Waals surface area contributed by atoms with Crippen LogP contribution in [0.4, 0.5) is 5.82 Å². The first-order valence-corrected chi connectivity index (χ1v) is 10.6. The van der Waals surface area contributed by atoms with Gasteiger partial charge in [0.2, 0.25) is 0 Å². The second-order valence-corrected chi connectivity index (χ2v) is 7.92. The normalized spacial score (nSPS) is 11.0. The maximum absolute atomic E-state index is 9.53. The fourth-order valence-corrected chi connectivity index (χ4v) is 3.78. The first kappa shape index (κ1) is 24.6. The van der Waals surface area contributed by atoms with Gasteiger partial charge < -0.3 is 16.0 Å². The molecule has 10 heteroatoms. The molecule has 1 aromatic carbocycles. The summed E-state index contributed by atoms with van der Waals surface area (Å²) in [4.78, 5) is 10.9. The van der Waals surface area contributed by atoms with E-state index in [9.17, 15) is 5.26 Å². The Balaban J connectivity index is 0.00000341. The zero-order chi connectivity index (χ0) is 21.5. The fraction of sp³-hybridized carbons (Fsp3) is 0.333. The molecule has 0 fully saturated rings. The molecule has 0 aliphatic heterocycles. The van der Waals surface area contributed by atoms with Gasteiger partial charge in [-0.2, -0.15) is 10.4 Å². The highest BCUT2D eigenvalue weighted by molar-refractivity contribution is 14.0. The summed E-state index contributed by atoms with van der Waals surface area (Å²) in [5.74, 6) is 1.18. The third kappa shape index (κ3) is 6.18. The van der Waals surface area contributed by atoms with Crippen molar-refractivity contribution in [3.8, 4) is 11.8 Å². The van der Waals surface area contributed by atoms with Crippen molar-refractivity contribution in [2.75, 3.05) is 26.4 Å². The molecule has 31 heavy (non-hydrogen) atoms. The molecule has 0 saturated carbocycles. The van der Waals surface area contributed by atoms with E-state index in [4.69, 9.17) is 5.73 Å². The minimum absolute atomic E-state index is 0. The quantitative estimate of drug-likeness (QED) is 0.202. The number of nitrogens with two attached hydrogens (primary N) is 1. The summed E-state index contributed by atoms with van der Waals surface area (Å²) in [5, 5.41) is 20.6. The van der Waals surface area contributed by atoms with E-state index < -0.39 is 0 Å². The van der Waals surface area contributed by atoms with Crippen molar-refractivity contribution in [1.82, 2.24) is 25.0 Å². The molecule has 0 radical (unpaired) electrons. The average molecular weight is 550 g/mol. The van der Waals surface area contributed by atoms with Crippen molar-refractivity contribution in [2.45, 2.75) is 26.3 Å². The van der Waals surface area contributed by atoms with E-state index in [1.54, 1.807) is 23.1 Å². The van der Waals surface area contributed by atoms with E-state index in [0.717, 1.165) is 28.8 Å². The van der Waals surface area contributed by atoms with Crippen LogP contribution in [0.5, 0.6) is 0 Å². The van der Waals surface area contributed by atoms with Crippen LogP contribution in [0.2, 0.25) is 0 Å². The number of aliphatic imine (C=N–C) groups is 1. The molecule has 2 aromatic heterocycles. The number of aryl methyl sites for hydroxylation is 2. The highest BCUT2D eigenvalue weighted by Gasteiger charge is 2.16. The molecule has 0 bridgehead atoms. The van der Waals surface area contributed by atoms with Crippen molar-refractivity contribution in [3.63, 3.8) is 0 Å². The minimum Gasteiger partial charge on any atom is -0.382 e. The van der Waals surface area contributed by atoms with Gasteiger partial charge in [0.1, 0.15) is 17.5 Å². The number of halogens is 1. The zero-order valence-electron chi connectivity index (χ0n) is 17.9. The lowest BCUT2D eigenvalue weighted by Gasteiger charge is -2.21. The number of benzene rings is 1. The molecule has 3 aromatic rings. The van der Waals surface area contributed by atoms with E-state index in [0.29, 0.717) is 36.6 Å². The van der Waals surface area contributed by atoms with E-state index in [1.807, 2.05) is 49.2 Å². The molecule has 3 rings (SSSR count). The van der Waals surface area contributed by atoms with E-state index in [2.05, 4.69) is 31.8 Å². The molecule has 0 aliphatic carbocycles. The first-order chi connectivity index (χ1) is 14.5. The van der Waals surface area contributed by atoms with Gasteiger partial charge in [0, 0.05) is 26.0 Å². The molecule has 0 saturated heterocycles. The number of rotatable bonds is 7. The fourth-order valence-electron chi connectivity index (χ4n) is 3.18. The van der Waals surface area contributed by atoms with Crippen LogP contribution in [0.25, 0.3) is 5.69 Å². The Morgan fingerprint density at radius 3 is 2.71 bits per heavy atom. The molecule has 0 spiro atoms. The largest absolute Gasteiger partial charge is 0.382 e. The van der Waals surface area contributed by atoms with Crippen molar-refractivity contribution in [3.05, 3.63) is 57.7 Å². The SMILES string of the molecule is CN=C(NCCCc1nn(-c2ccccc2)c(N)c1C#N)N(C)Cc1csc(C)n1.I. The van der Waals surface area contributed by atoms with Crippen LogP contribution in [0, 0.1) is 18.3 Å². The Morgan fingerprint density at radius 1 is 1.35 bits per heavy atom. The van der Waals surface area contributed by atoms with Gasteiger partial charge >= 0.3 is 0 Å². The van der Waals surface area contributed by atoms with Crippen molar-refractivity contribution >= 4 is 47.1 Å². The molecule has 3 N–H and O–H groups in total. The van der Waals surface area contributed by atoms with Crippen molar-refractivity contribution in [2.24, 2.45) is 4.99 Å². The Bertz CT molecular complexity index is 1050. The smallest absolute Gasteiger partial charge is 0.193 e. The molecule has 0 aliphatic rings. The first-order valence-electron chi connectivity index (χ1n) is 9.69. The maximum Gasteiger partial charge on any atom is 0.193 e. The summed E-state index contributed by atoms with van der Waals surface area (Å²) in [7, 11) is 3.75. The number of hydrogen-bond acceptors (Lipinski definition) is 6. The second kappa shape index (κ2) is 11.7. The van der Waals surface area contributed by atoms with Gasteiger partial charge in [0.05, 0.1) is 28.6 Å². The molecular weight excluding hydrogens is 523 g/mol. The number of nitriles is 1. The molecular formula is C21H27IN8S. The van der Waals surface area contributed by atoms with Crippen LogP contribution in [-0.2, 0) is 13.0 Å². The van der Waals surface area contributed by atoms with Gasteiger partial charge in [0.25, 0.3) is 0 Å². The maximum atomic E-state index is 9.53. The number of nitrogens with one attached hydrogen (secondary N) is 1. The Hall–Kier alpha value is -2.65. The minimum atomic E-state index is 0. The monoisotopic (exact) mass is 550 g/mol. The average Bonchev–Trinajstić information content (AvgIpc) is 3.30. The van der Waals surface area contributed by atoms with Crippen LogP contribution in [0.15, 0.2) is 40.7 Å². The summed E-state index contributed by atoms with van der Waals surface area (Å²) in [6, 6.07) is 11.8. The van der Waals surface area contributed by atoms with Gasteiger partial charge in [0.15, 0.2) is 5.96 Å². The summed E-state index contributed by atoms with van der Waals surface area (Å²) >= 11 is 1.65. The molecule has 8 nitrogen and oxygen atoms in total. The van der Waals surface area contributed by atoms with Gasteiger partial charge in [-0.15, -0.1) is 35.3 Å². The third-order valence-corrected chi connectivity index (χ3v) is 5.44. The Morgan fingerprint density at radius 2 is 2.10 bits per heavy atom. The molecule has 0 amide bonds. The van der Waals surface area contributed by atoms with Crippen molar-refractivity contribution in [1.29, 1.82) is 5.26 Å². The van der Waals surface area contributed by atoms with E-state index in [1.165, 1.54) is 0 Å². The van der Waals surface area contributed by atoms with Gasteiger partial charge in [-0.25, -0.2) is 9.67 Å². The summed E-state index contributed by atoms with van der Waals surface area (Å²) in [5.41, 5.74) is 9.19. The number of hydrogen-bond donors (Lipinski definition) is 2. The van der Waals surface area contributed by atoms with Crippen LogP contribution >= 0.6 is 35.3 Å². The van der Waals surface area contributed by atoms with Crippen LogP contribution < -0.4 is 11.1 Å². The van der Waals surface area contributed by atoms with Gasteiger partial charge in [-0.1, -0.05) is 18.2 Å². The molecule has 0 unspecified atom stereocenters. The molecule has 0 atom stereocenters. The lowest BCUT2D eigenvalue weighted by atomic mass is 10.1. The highest BCUT2D eigenvalue weighted by Crippen LogP contribution is 2.21. The highest BCUT2D eigenvalue weighted by atomic mass is 127. The standard InChI is InChI=1S/C21H26N8S.HI/c1-15-26-16(14-30-15)13-28(3)21(24-2)25-11-7-10-19-18(12-22)20(23)29(27-19)17-8-5-4-6-9-17;/h4-6,8-9,14H,7,10-11,13,23H2,1-3H3,(H,24,25);1H. The Kier molecular flexibility index (Phi) is 9.26. The van der Waals surface area contributed by atoms with Crippen LogP contribution in [-0.4, -0.2) is 46.3 Å². The van der Waals surface area contributed by atoms with Gasteiger partial charge in [-0.05, 0) is 31.9 Å². The summed E-state index contributed by atoms with van der Waals surface area (Å²) in [6.07, 6.45) is 1.44. The summed E-state index contributed by atoms with van der Waals surface area (Å²) < 4.78 is 1.63. The number of nitrogen functional groups attached to an aromatic ring is 1. The van der Waals surface area contributed by atoms with Crippen LogP contribution in [0.3, 0.4) is 0 Å². The third-order valence-electron chi connectivity index (χ3n) is 4.62. The van der Waals surface area contributed by atoms with E-state index >= 15 is 0 Å². The number of nitrogens with zero attached hydrogens (tertiary/aromatic N) is 6. The zero-order valence-corrected chi connectivity index (χ0v) is 21.0. The number of para-hydroxylation sites is 1. The number of guanidine groups is 1. The molecule has 164 valence electrons. The Labute approximate surface area is 203 Å². The molecule has 2 heterocycles. The lowest BCUT2D eigenvalue weighted by Crippen LogP contribution is -2.39. The second-order valence-electron chi connectivity index (χ2n) is 6.86. The van der Waals surface area contributed by atoms with E-state index in [-0.39, 0.29) is 24.0 Å². The number of aromatic nitrogens is 3. The summed E-state index contributed by atoms with van der Waals surface area (Å²) in [6.45, 7) is 3.40. The van der Waals surface area contributed by atoms with Crippen LogP contribution in [0.1, 0.15) is 28.4 Å². The predicted molar refractivity (Wildman–Crippen MR) is 136 cm³/mol. The number of thiazole rings is 1. The van der Waals surface area contributed by atoms with Gasteiger partial charge in [-0.3, -0.25) is 4.99 Å². The van der Waals surface area contributed by atoms with Crippen molar-refractivity contribution < 1.29 is 0 Å². The lowest BCUT2D eigenvalue weighted by molar-refractivity contribution is 0.470. The number of anilines is 1. The topological polar surface area (TPSA) is 108 Å².